The summed E-state index contributed by atoms with van der Waals surface area (Å²) in [6, 6.07) is 6.54. The van der Waals surface area contributed by atoms with Gasteiger partial charge in [0.25, 0.3) is 0 Å². The topological polar surface area (TPSA) is 37.8 Å². The molecular weight excluding hydrogens is 254 g/mol. The molecule has 0 unspecified atom stereocenters. The SMILES string of the molecule is CNc1ncnc2scc(-c3ccc(C)cc3C)c12. The molecule has 3 aromatic rings. The number of nitrogens with one attached hydrogen (secondary N) is 1. The van der Waals surface area contributed by atoms with Crippen molar-refractivity contribution in [2.24, 2.45) is 0 Å². The molecule has 2 heterocycles. The monoisotopic (exact) mass is 269 g/mol. The summed E-state index contributed by atoms with van der Waals surface area (Å²) in [5, 5.41) is 6.43. The van der Waals surface area contributed by atoms with Gasteiger partial charge in [0.2, 0.25) is 0 Å². The number of nitrogens with zero attached hydrogens (tertiary/aromatic N) is 2. The van der Waals surface area contributed by atoms with E-state index >= 15 is 0 Å². The highest BCUT2D eigenvalue weighted by molar-refractivity contribution is 7.17. The molecule has 2 aromatic heterocycles. The Labute approximate surface area is 116 Å². The van der Waals surface area contributed by atoms with E-state index in [2.05, 4.69) is 52.7 Å². The van der Waals surface area contributed by atoms with Crippen molar-refractivity contribution in [3.8, 4) is 11.1 Å². The Morgan fingerprint density at radius 3 is 2.68 bits per heavy atom. The molecule has 0 aliphatic carbocycles. The standard InChI is InChI=1S/C15H15N3S/c1-9-4-5-11(10(2)6-9)12-7-19-15-13(12)14(16-3)17-8-18-15/h4-8H,1-3H3,(H,16,17,18). The number of hydrogen-bond donors (Lipinski definition) is 1. The highest BCUT2D eigenvalue weighted by Crippen LogP contribution is 2.37. The van der Waals surface area contributed by atoms with Crippen LogP contribution in [0.5, 0.6) is 0 Å². The van der Waals surface area contributed by atoms with Gasteiger partial charge in [-0.05, 0) is 25.0 Å². The average molecular weight is 269 g/mol. The second kappa shape index (κ2) is 4.63. The minimum Gasteiger partial charge on any atom is -0.372 e. The maximum Gasteiger partial charge on any atom is 0.138 e. The summed E-state index contributed by atoms with van der Waals surface area (Å²) in [4.78, 5) is 9.69. The predicted molar refractivity (Wildman–Crippen MR) is 81.9 cm³/mol. The molecule has 0 aliphatic rings. The third-order valence-corrected chi connectivity index (χ3v) is 4.17. The van der Waals surface area contributed by atoms with Gasteiger partial charge in [-0.1, -0.05) is 23.8 Å². The number of benzene rings is 1. The first-order valence-corrected chi connectivity index (χ1v) is 7.06. The first-order chi connectivity index (χ1) is 9.20. The van der Waals surface area contributed by atoms with Gasteiger partial charge in [0.1, 0.15) is 17.0 Å². The van der Waals surface area contributed by atoms with Crippen LogP contribution in [0.2, 0.25) is 0 Å². The molecule has 0 aliphatic heterocycles. The molecule has 0 atom stereocenters. The summed E-state index contributed by atoms with van der Waals surface area (Å²) in [6.45, 7) is 4.26. The van der Waals surface area contributed by atoms with Crippen LogP contribution in [0.3, 0.4) is 0 Å². The minimum absolute atomic E-state index is 0.890. The molecular formula is C15H15N3S. The highest BCUT2D eigenvalue weighted by Gasteiger charge is 2.13. The first kappa shape index (κ1) is 12.1. The number of hydrogen-bond acceptors (Lipinski definition) is 4. The molecule has 19 heavy (non-hydrogen) atoms. The van der Waals surface area contributed by atoms with Gasteiger partial charge in [-0.3, -0.25) is 0 Å². The van der Waals surface area contributed by atoms with Crippen molar-refractivity contribution in [1.29, 1.82) is 0 Å². The summed E-state index contributed by atoms with van der Waals surface area (Å²) >= 11 is 1.66. The number of rotatable bonds is 2. The quantitative estimate of drug-likeness (QED) is 0.763. The molecule has 0 saturated carbocycles. The van der Waals surface area contributed by atoms with Crippen LogP contribution in [0.15, 0.2) is 29.9 Å². The van der Waals surface area contributed by atoms with Crippen molar-refractivity contribution in [2.75, 3.05) is 12.4 Å². The molecule has 0 fully saturated rings. The van der Waals surface area contributed by atoms with Crippen LogP contribution in [-0.4, -0.2) is 17.0 Å². The Kier molecular flexibility index (Phi) is 2.95. The van der Waals surface area contributed by atoms with Gasteiger partial charge < -0.3 is 5.32 Å². The number of fused-ring (bicyclic) bond motifs is 1. The number of aryl methyl sites for hydroxylation is 2. The molecule has 0 spiro atoms. The number of aromatic nitrogens is 2. The van der Waals surface area contributed by atoms with E-state index in [0.29, 0.717) is 0 Å². The van der Waals surface area contributed by atoms with Gasteiger partial charge in [0.15, 0.2) is 0 Å². The van der Waals surface area contributed by atoms with Crippen molar-refractivity contribution in [3.63, 3.8) is 0 Å². The van der Waals surface area contributed by atoms with E-state index in [4.69, 9.17) is 0 Å². The Morgan fingerprint density at radius 1 is 1.11 bits per heavy atom. The van der Waals surface area contributed by atoms with Crippen molar-refractivity contribution >= 4 is 27.4 Å². The van der Waals surface area contributed by atoms with Crippen LogP contribution in [-0.2, 0) is 0 Å². The van der Waals surface area contributed by atoms with Crippen LogP contribution >= 0.6 is 11.3 Å². The van der Waals surface area contributed by atoms with E-state index in [0.717, 1.165) is 16.0 Å². The van der Waals surface area contributed by atoms with Gasteiger partial charge >= 0.3 is 0 Å². The zero-order valence-corrected chi connectivity index (χ0v) is 12.0. The fourth-order valence-corrected chi connectivity index (χ4v) is 3.29. The summed E-state index contributed by atoms with van der Waals surface area (Å²) < 4.78 is 0. The normalized spacial score (nSPS) is 10.9. The Bertz CT molecular complexity index is 746. The van der Waals surface area contributed by atoms with E-state index in [1.807, 2.05) is 7.05 Å². The number of thiophene rings is 1. The van der Waals surface area contributed by atoms with E-state index in [1.165, 1.54) is 22.3 Å². The van der Waals surface area contributed by atoms with Gasteiger partial charge in [0.05, 0.1) is 5.39 Å². The van der Waals surface area contributed by atoms with Crippen molar-refractivity contribution in [3.05, 3.63) is 41.0 Å². The average Bonchev–Trinajstić information content (AvgIpc) is 2.82. The summed E-state index contributed by atoms with van der Waals surface area (Å²) in [6.07, 6.45) is 1.61. The largest absolute Gasteiger partial charge is 0.372 e. The molecule has 4 heteroatoms. The Balaban J connectivity index is 2.31. The summed E-state index contributed by atoms with van der Waals surface area (Å²) in [5.41, 5.74) is 5.03. The van der Waals surface area contributed by atoms with E-state index in [1.54, 1.807) is 17.7 Å². The third kappa shape index (κ3) is 1.98. The molecule has 0 amide bonds. The zero-order chi connectivity index (χ0) is 13.4. The van der Waals surface area contributed by atoms with Crippen LogP contribution in [0.1, 0.15) is 11.1 Å². The van der Waals surface area contributed by atoms with Crippen LogP contribution in [0, 0.1) is 13.8 Å². The van der Waals surface area contributed by atoms with Gasteiger partial charge in [0, 0.05) is 18.0 Å². The molecule has 96 valence electrons. The number of anilines is 1. The van der Waals surface area contributed by atoms with Crippen molar-refractivity contribution in [2.45, 2.75) is 13.8 Å². The molecule has 0 saturated heterocycles. The van der Waals surface area contributed by atoms with Crippen molar-refractivity contribution < 1.29 is 0 Å². The molecule has 0 bridgehead atoms. The highest BCUT2D eigenvalue weighted by atomic mass is 32.1. The minimum atomic E-state index is 0.890. The molecule has 3 rings (SSSR count). The van der Waals surface area contributed by atoms with Gasteiger partial charge in [-0.15, -0.1) is 11.3 Å². The molecule has 1 N–H and O–H groups in total. The lowest BCUT2D eigenvalue weighted by Gasteiger charge is -2.08. The second-order valence-corrected chi connectivity index (χ2v) is 5.48. The predicted octanol–water partition coefficient (Wildman–Crippen LogP) is 4.02. The summed E-state index contributed by atoms with van der Waals surface area (Å²) in [5.74, 6) is 0.890. The zero-order valence-electron chi connectivity index (χ0n) is 11.2. The Hall–Kier alpha value is -1.94. The molecule has 0 radical (unpaired) electrons. The smallest absolute Gasteiger partial charge is 0.138 e. The van der Waals surface area contributed by atoms with Gasteiger partial charge in [-0.25, -0.2) is 9.97 Å². The van der Waals surface area contributed by atoms with Gasteiger partial charge in [-0.2, -0.15) is 0 Å². The molecule has 3 nitrogen and oxygen atoms in total. The summed E-state index contributed by atoms with van der Waals surface area (Å²) in [7, 11) is 1.89. The lowest BCUT2D eigenvalue weighted by molar-refractivity contribution is 1.22. The maximum absolute atomic E-state index is 4.35. The second-order valence-electron chi connectivity index (χ2n) is 4.62. The maximum atomic E-state index is 4.35. The van der Waals surface area contributed by atoms with E-state index in [-0.39, 0.29) is 0 Å². The van der Waals surface area contributed by atoms with Crippen molar-refractivity contribution in [1.82, 2.24) is 9.97 Å². The fraction of sp³-hybridized carbons (Fsp3) is 0.200. The van der Waals surface area contributed by atoms with Crippen LogP contribution in [0.4, 0.5) is 5.82 Å². The van der Waals surface area contributed by atoms with E-state index in [9.17, 15) is 0 Å². The van der Waals surface area contributed by atoms with Crippen LogP contribution in [0.25, 0.3) is 21.3 Å². The fourth-order valence-electron chi connectivity index (χ4n) is 2.38. The first-order valence-electron chi connectivity index (χ1n) is 6.18. The Morgan fingerprint density at radius 2 is 1.95 bits per heavy atom. The van der Waals surface area contributed by atoms with Crippen LogP contribution < -0.4 is 5.32 Å². The third-order valence-electron chi connectivity index (χ3n) is 3.28. The molecule has 1 aromatic carbocycles. The lowest BCUT2D eigenvalue weighted by Crippen LogP contribution is -1.94. The van der Waals surface area contributed by atoms with E-state index < -0.39 is 0 Å². The lowest BCUT2D eigenvalue weighted by atomic mass is 9.99.